The first-order chi connectivity index (χ1) is 9.52. The summed E-state index contributed by atoms with van der Waals surface area (Å²) in [6, 6.07) is 5.34. The molecule has 0 saturated heterocycles. The summed E-state index contributed by atoms with van der Waals surface area (Å²) in [4.78, 5) is 12.3. The van der Waals surface area contributed by atoms with Gasteiger partial charge in [-0.2, -0.15) is 0 Å². The van der Waals surface area contributed by atoms with E-state index in [9.17, 15) is 4.79 Å². The van der Waals surface area contributed by atoms with E-state index in [1.54, 1.807) is 12.1 Å². The topological polar surface area (TPSA) is 55.1 Å². The van der Waals surface area contributed by atoms with Gasteiger partial charge in [-0.15, -0.1) is 12.4 Å². The Morgan fingerprint density at radius 3 is 2.71 bits per heavy atom. The Morgan fingerprint density at radius 1 is 1.38 bits per heavy atom. The van der Waals surface area contributed by atoms with E-state index in [0.29, 0.717) is 22.5 Å². The monoisotopic (exact) mass is 350 g/mol. The first-order valence-electron chi connectivity index (χ1n) is 6.98. The van der Waals surface area contributed by atoms with E-state index in [1.807, 2.05) is 13.0 Å². The maximum absolute atomic E-state index is 12.3. The van der Waals surface area contributed by atoms with Crippen molar-refractivity contribution < 1.29 is 4.79 Å². The van der Waals surface area contributed by atoms with Gasteiger partial charge in [-0.3, -0.25) is 4.79 Å². The minimum atomic E-state index is -0.0868. The smallest absolute Gasteiger partial charge is 0.223 e. The average Bonchev–Trinajstić information content (AvgIpc) is 2.90. The van der Waals surface area contributed by atoms with Gasteiger partial charge in [0, 0.05) is 5.92 Å². The van der Waals surface area contributed by atoms with Crippen LogP contribution in [0, 0.1) is 11.8 Å². The molecule has 0 aromatic heterocycles. The Morgan fingerprint density at radius 2 is 2.10 bits per heavy atom. The van der Waals surface area contributed by atoms with Gasteiger partial charge in [0.15, 0.2) is 0 Å². The third-order valence-electron chi connectivity index (χ3n) is 4.10. The molecule has 118 valence electrons. The first kappa shape index (κ1) is 18.6. The third-order valence-corrected chi connectivity index (χ3v) is 4.84. The first-order valence-corrected chi connectivity index (χ1v) is 7.74. The molecule has 3 N–H and O–H groups in total. The Labute approximate surface area is 142 Å². The predicted octanol–water partition coefficient (Wildman–Crippen LogP) is 3.97. The minimum Gasteiger partial charge on any atom is -0.349 e. The molecule has 1 unspecified atom stereocenters. The second-order valence-electron chi connectivity index (χ2n) is 5.44. The van der Waals surface area contributed by atoms with Crippen molar-refractivity contribution in [2.75, 3.05) is 6.54 Å². The van der Waals surface area contributed by atoms with E-state index in [2.05, 4.69) is 5.32 Å². The Bertz CT molecular complexity index is 496. The quantitative estimate of drug-likeness (QED) is 0.862. The van der Waals surface area contributed by atoms with Crippen LogP contribution >= 0.6 is 35.6 Å². The van der Waals surface area contributed by atoms with E-state index < -0.39 is 0 Å². The molecule has 6 heteroatoms. The highest BCUT2D eigenvalue weighted by atomic mass is 35.5. The minimum absolute atomic E-state index is 0. The van der Waals surface area contributed by atoms with Crippen LogP contribution in [0.2, 0.25) is 10.0 Å². The zero-order chi connectivity index (χ0) is 14.7. The maximum atomic E-state index is 12.3. The molecule has 21 heavy (non-hydrogen) atoms. The van der Waals surface area contributed by atoms with Crippen molar-refractivity contribution in [1.82, 2.24) is 5.32 Å². The number of nitrogens with one attached hydrogen (secondary N) is 1. The molecule has 1 amide bonds. The van der Waals surface area contributed by atoms with Crippen molar-refractivity contribution in [1.29, 1.82) is 0 Å². The summed E-state index contributed by atoms with van der Waals surface area (Å²) in [5, 5.41) is 4.08. The average molecular weight is 352 g/mol. The summed E-state index contributed by atoms with van der Waals surface area (Å²) >= 11 is 11.9. The van der Waals surface area contributed by atoms with Gasteiger partial charge in [-0.25, -0.2) is 0 Å². The van der Waals surface area contributed by atoms with Crippen LogP contribution in [-0.2, 0) is 4.79 Å². The van der Waals surface area contributed by atoms with Crippen LogP contribution in [-0.4, -0.2) is 12.5 Å². The number of nitrogens with two attached hydrogens (primary N) is 1. The number of hydrogen-bond acceptors (Lipinski definition) is 2. The zero-order valence-electron chi connectivity index (χ0n) is 11.9. The molecule has 1 aromatic carbocycles. The molecular formula is C15H21Cl3N2O. The van der Waals surface area contributed by atoms with Crippen LogP contribution in [0.25, 0.3) is 0 Å². The molecule has 1 aliphatic rings. The number of amides is 1. The van der Waals surface area contributed by atoms with E-state index in [0.717, 1.165) is 24.8 Å². The molecule has 0 radical (unpaired) electrons. The Kier molecular flexibility index (Phi) is 7.28. The maximum Gasteiger partial charge on any atom is 0.223 e. The number of carbonyl (C=O) groups is 1. The lowest BCUT2D eigenvalue weighted by molar-refractivity contribution is -0.126. The number of benzene rings is 1. The van der Waals surface area contributed by atoms with Crippen molar-refractivity contribution in [3.05, 3.63) is 33.8 Å². The summed E-state index contributed by atoms with van der Waals surface area (Å²) in [7, 11) is 0. The van der Waals surface area contributed by atoms with Crippen molar-refractivity contribution >= 4 is 41.5 Å². The van der Waals surface area contributed by atoms with Gasteiger partial charge in [0.2, 0.25) is 5.91 Å². The second-order valence-corrected chi connectivity index (χ2v) is 6.25. The van der Waals surface area contributed by atoms with Crippen LogP contribution in [0.5, 0.6) is 0 Å². The summed E-state index contributed by atoms with van der Waals surface area (Å²) in [6.45, 7) is 2.53. The predicted molar refractivity (Wildman–Crippen MR) is 90.2 cm³/mol. The lowest BCUT2D eigenvalue weighted by Gasteiger charge is -2.21. The standard InChI is InChI=1S/C15H20Cl2N2O.ClH/c1-9(10-5-6-13(16)14(17)7-10)19-15(20)12-4-2-3-11(12)8-18;/h5-7,9,11-12H,2-4,8,18H2,1H3,(H,19,20);1H/t9?,11-,12-;/m1./s1. The number of hydrogen-bond donors (Lipinski definition) is 2. The number of halogens is 3. The number of rotatable bonds is 4. The fourth-order valence-corrected chi connectivity index (χ4v) is 3.16. The Hall–Kier alpha value is -0.480. The molecule has 1 fully saturated rings. The van der Waals surface area contributed by atoms with Gasteiger partial charge >= 0.3 is 0 Å². The third kappa shape index (κ3) is 4.49. The molecule has 1 aromatic rings. The lowest BCUT2D eigenvalue weighted by atomic mass is 9.94. The van der Waals surface area contributed by atoms with Gasteiger partial charge in [0.1, 0.15) is 0 Å². The van der Waals surface area contributed by atoms with Crippen molar-refractivity contribution in [2.45, 2.75) is 32.2 Å². The number of carbonyl (C=O) groups excluding carboxylic acids is 1. The van der Waals surface area contributed by atoms with E-state index in [1.165, 1.54) is 0 Å². The summed E-state index contributed by atoms with van der Waals surface area (Å²) in [6.07, 6.45) is 3.07. The van der Waals surface area contributed by atoms with E-state index in [-0.39, 0.29) is 30.3 Å². The summed E-state index contributed by atoms with van der Waals surface area (Å²) in [5.41, 5.74) is 6.68. The van der Waals surface area contributed by atoms with Crippen LogP contribution in [0.15, 0.2) is 18.2 Å². The highest BCUT2D eigenvalue weighted by Crippen LogP contribution is 2.32. The van der Waals surface area contributed by atoms with Crippen molar-refractivity contribution in [3.63, 3.8) is 0 Å². The van der Waals surface area contributed by atoms with Gasteiger partial charge in [-0.05, 0) is 49.9 Å². The van der Waals surface area contributed by atoms with Gasteiger partial charge in [0.25, 0.3) is 0 Å². The largest absolute Gasteiger partial charge is 0.349 e. The molecule has 2 rings (SSSR count). The molecule has 0 heterocycles. The summed E-state index contributed by atoms with van der Waals surface area (Å²) in [5.74, 6) is 0.456. The molecule has 1 aliphatic carbocycles. The van der Waals surface area contributed by atoms with E-state index in [4.69, 9.17) is 28.9 Å². The van der Waals surface area contributed by atoms with Gasteiger partial charge in [-0.1, -0.05) is 35.7 Å². The molecule has 0 aliphatic heterocycles. The molecule has 0 spiro atoms. The zero-order valence-corrected chi connectivity index (χ0v) is 14.3. The Balaban J connectivity index is 0.00000220. The van der Waals surface area contributed by atoms with Gasteiger partial charge in [0.05, 0.1) is 16.1 Å². The van der Waals surface area contributed by atoms with Crippen LogP contribution in [0.3, 0.4) is 0 Å². The molecule has 0 bridgehead atoms. The highest BCUT2D eigenvalue weighted by Gasteiger charge is 2.32. The van der Waals surface area contributed by atoms with Gasteiger partial charge < -0.3 is 11.1 Å². The van der Waals surface area contributed by atoms with Crippen LogP contribution in [0.4, 0.5) is 0 Å². The summed E-state index contributed by atoms with van der Waals surface area (Å²) < 4.78 is 0. The molecule has 3 atom stereocenters. The van der Waals surface area contributed by atoms with Crippen molar-refractivity contribution in [2.24, 2.45) is 17.6 Å². The SMILES string of the molecule is CC(NC(=O)[C@@H]1CCC[C@@H]1CN)c1ccc(Cl)c(Cl)c1.Cl. The molecule has 3 nitrogen and oxygen atoms in total. The van der Waals surface area contributed by atoms with Crippen LogP contribution < -0.4 is 11.1 Å². The van der Waals surface area contributed by atoms with Crippen molar-refractivity contribution in [3.8, 4) is 0 Å². The fraction of sp³-hybridized carbons (Fsp3) is 0.533. The normalized spacial score (nSPS) is 22.5. The lowest BCUT2D eigenvalue weighted by Crippen LogP contribution is -2.36. The van der Waals surface area contributed by atoms with E-state index >= 15 is 0 Å². The molecular weight excluding hydrogens is 331 g/mol. The van der Waals surface area contributed by atoms with Crippen LogP contribution in [0.1, 0.15) is 37.8 Å². The second kappa shape index (κ2) is 8.23. The highest BCUT2D eigenvalue weighted by molar-refractivity contribution is 6.42. The fourth-order valence-electron chi connectivity index (χ4n) is 2.85. The molecule has 1 saturated carbocycles.